The molecule has 2 aliphatic rings. The van der Waals surface area contributed by atoms with E-state index in [2.05, 4.69) is 10.6 Å². The number of carbonyl (C=O) groups is 1. The molecule has 90 valence electrons. The number of carbonyl (C=O) groups excluding carboxylic acids is 1. The quantitative estimate of drug-likeness (QED) is 0.722. The molecule has 1 unspecified atom stereocenters. The second kappa shape index (κ2) is 4.13. The van der Waals surface area contributed by atoms with Crippen molar-refractivity contribution in [3.05, 3.63) is 29.3 Å². The van der Waals surface area contributed by atoms with Crippen LogP contribution in [0, 0.1) is 0 Å². The highest BCUT2D eigenvalue weighted by molar-refractivity contribution is 5.99. The Balaban J connectivity index is 1.70. The third-order valence-electron chi connectivity index (χ3n) is 3.39. The van der Waals surface area contributed by atoms with Crippen molar-refractivity contribution >= 4 is 11.6 Å². The monoisotopic (exact) mass is 231 g/mol. The molecule has 1 aromatic rings. The highest BCUT2D eigenvalue weighted by Crippen LogP contribution is 2.26. The lowest BCUT2D eigenvalue weighted by molar-refractivity contribution is -0.115. The van der Waals surface area contributed by atoms with Crippen molar-refractivity contribution in [3.63, 3.8) is 0 Å². The zero-order valence-corrected chi connectivity index (χ0v) is 9.70. The van der Waals surface area contributed by atoms with E-state index in [1.54, 1.807) is 0 Å². The molecule has 1 amide bonds. The van der Waals surface area contributed by atoms with Crippen molar-refractivity contribution in [1.29, 1.82) is 0 Å². The smallest absolute Gasteiger partial charge is 0.228 e. The second-order valence-corrected chi connectivity index (χ2v) is 4.93. The number of hydrogen-bond donors (Lipinski definition) is 3. The lowest BCUT2D eigenvalue weighted by atomic mass is 10.0. The fourth-order valence-corrected chi connectivity index (χ4v) is 2.18. The Hall–Kier alpha value is -1.39. The van der Waals surface area contributed by atoms with E-state index in [9.17, 15) is 4.79 Å². The van der Waals surface area contributed by atoms with Gasteiger partial charge in [0.2, 0.25) is 5.91 Å². The Morgan fingerprint density at radius 3 is 3.06 bits per heavy atom. The second-order valence-electron chi connectivity index (χ2n) is 4.93. The van der Waals surface area contributed by atoms with Crippen LogP contribution in [0.25, 0.3) is 0 Å². The Kier molecular flexibility index (Phi) is 2.61. The summed E-state index contributed by atoms with van der Waals surface area (Å²) in [5, 5.41) is 6.25. The molecule has 0 radical (unpaired) electrons. The summed E-state index contributed by atoms with van der Waals surface area (Å²) in [7, 11) is 0. The van der Waals surface area contributed by atoms with Crippen LogP contribution in [0.3, 0.4) is 0 Å². The summed E-state index contributed by atoms with van der Waals surface area (Å²) in [5.74, 6) is 0.0711. The largest absolute Gasteiger partial charge is 0.326 e. The van der Waals surface area contributed by atoms with E-state index in [0.29, 0.717) is 12.5 Å². The van der Waals surface area contributed by atoms with Crippen LogP contribution in [0.15, 0.2) is 18.2 Å². The van der Waals surface area contributed by atoms with Crippen LogP contribution >= 0.6 is 0 Å². The van der Waals surface area contributed by atoms with Gasteiger partial charge in [-0.25, -0.2) is 0 Å². The Bertz CT molecular complexity index is 454. The summed E-state index contributed by atoms with van der Waals surface area (Å²) < 4.78 is 0. The number of benzene rings is 1. The summed E-state index contributed by atoms with van der Waals surface area (Å²) >= 11 is 0. The minimum absolute atomic E-state index is 0.0107. The van der Waals surface area contributed by atoms with Crippen molar-refractivity contribution in [1.82, 2.24) is 5.32 Å². The molecule has 1 aromatic carbocycles. The van der Waals surface area contributed by atoms with Gasteiger partial charge >= 0.3 is 0 Å². The van der Waals surface area contributed by atoms with Gasteiger partial charge in [-0.05, 0) is 30.0 Å². The Labute approximate surface area is 101 Å². The molecule has 0 bridgehead atoms. The highest BCUT2D eigenvalue weighted by Gasteiger charge is 2.22. The minimum atomic E-state index is 0.0107. The fourth-order valence-electron chi connectivity index (χ4n) is 2.18. The van der Waals surface area contributed by atoms with Crippen LogP contribution in [0.5, 0.6) is 0 Å². The molecule has 0 aromatic heterocycles. The van der Waals surface area contributed by atoms with Crippen LogP contribution in [0.2, 0.25) is 0 Å². The Morgan fingerprint density at radius 1 is 1.47 bits per heavy atom. The molecule has 1 aliphatic carbocycles. The summed E-state index contributed by atoms with van der Waals surface area (Å²) in [6.07, 6.45) is 3.02. The average molecular weight is 231 g/mol. The number of hydrogen-bond acceptors (Lipinski definition) is 3. The highest BCUT2D eigenvalue weighted by atomic mass is 16.1. The van der Waals surface area contributed by atoms with Gasteiger partial charge in [-0.1, -0.05) is 12.1 Å². The molecule has 4 nitrogen and oxygen atoms in total. The molecule has 17 heavy (non-hydrogen) atoms. The van der Waals surface area contributed by atoms with E-state index < -0.39 is 0 Å². The molecule has 1 heterocycles. The molecule has 0 spiro atoms. The van der Waals surface area contributed by atoms with Gasteiger partial charge in [-0.15, -0.1) is 0 Å². The lowest BCUT2D eigenvalue weighted by Crippen LogP contribution is -2.28. The molecule has 1 fully saturated rings. The molecule has 4 heteroatoms. The first kappa shape index (κ1) is 10.7. The normalized spacial score (nSPS) is 19.9. The zero-order valence-electron chi connectivity index (χ0n) is 9.70. The van der Waals surface area contributed by atoms with Gasteiger partial charge in [-0.2, -0.15) is 0 Å². The van der Waals surface area contributed by atoms with E-state index in [4.69, 9.17) is 5.73 Å². The van der Waals surface area contributed by atoms with Gasteiger partial charge in [0.1, 0.15) is 0 Å². The Morgan fingerprint density at radius 2 is 2.29 bits per heavy atom. The molecule has 1 aliphatic heterocycles. The molecular formula is C13H17N3O. The molecule has 1 saturated carbocycles. The van der Waals surface area contributed by atoms with E-state index in [1.807, 2.05) is 18.2 Å². The first-order valence-electron chi connectivity index (χ1n) is 6.14. The molecular weight excluding hydrogens is 214 g/mol. The van der Waals surface area contributed by atoms with Crippen molar-refractivity contribution in [2.45, 2.75) is 31.3 Å². The average Bonchev–Trinajstić information content (AvgIpc) is 3.06. The number of rotatable bonds is 4. The lowest BCUT2D eigenvalue weighted by Gasteiger charge is -2.13. The third-order valence-corrected chi connectivity index (χ3v) is 3.39. The molecule has 3 rings (SSSR count). The van der Waals surface area contributed by atoms with Crippen molar-refractivity contribution in [3.8, 4) is 0 Å². The maximum absolute atomic E-state index is 11.2. The van der Waals surface area contributed by atoms with E-state index in [1.165, 1.54) is 12.8 Å². The topological polar surface area (TPSA) is 67.1 Å². The van der Waals surface area contributed by atoms with Crippen LogP contribution in [-0.2, 0) is 11.2 Å². The van der Waals surface area contributed by atoms with E-state index in [-0.39, 0.29) is 11.9 Å². The predicted octanol–water partition coefficient (Wildman–Crippen LogP) is 0.933. The first-order valence-corrected chi connectivity index (χ1v) is 6.14. The number of nitrogens with one attached hydrogen (secondary N) is 2. The third kappa shape index (κ3) is 2.33. The van der Waals surface area contributed by atoms with Crippen molar-refractivity contribution in [2.75, 3.05) is 11.9 Å². The number of anilines is 1. The number of amides is 1. The van der Waals surface area contributed by atoms with Crippen molar-refractivity contribution < 1.29 is 4.79 Å². The zero-order chi connectivity index (χ0) is 11.8. The van der Waals surface area contributed by atoms with E-state index >= 15 is 0 Å². The minimum Gasteiger partial charge on any atom is -0.326 e. The number of nitrogens with two attached hydrogens (primary N) is 1. The van der Waals surface area contributed by atoms with Gasteiger partial charge in [0, 0.05) is 24.3 Å². The van der Waals surface area contributed by atoms with Crippen molar-refractivity contribution in [2.24, 2.45) is 5.73 Å². The van der Waals surface area contributed by atoms with Crippen LogP contribution in [0.4, 0.5) is 5.69 Å². The van der Waals surface area contributed by atoms with Crippen LogP contribution < -0.4 is 16.4 Å². The van der Waals surface area contributed by atoms with Gasteiger partial charge in [-0.3, -0.25) is 4.79 Å². The summed E-state index contributed by atoms with van der Waals surface area (Å²) in [6.45, 7) is 0.810. The van der Waals surface area contributed by atoms with Gasteiger partial charge < -0.3 is 16.4 Å². The predicted molar refractivity (Wildman–Crippen MR) is 66.7 cm³/mol. The van der Waals surface area contributed by atoms with Gasteiger partial charge in [0.05, 0.1) is 6.42 Å². The SMILES string of the molecule is NC(CNC1CC1)c1ccc2c(c1)CC(=O)N2. The number of fused-ring (bicyclic) bond motifs is 1. The first-order chi connectivity index (χ1) is 8.22. The molecule has 1 atom stereocenters. The van der Waals surface area contributed by atoms with E-state index in [0.717, 1.165) is 23.4 Å². The maximum Gasteiger partial charge on any atom is 0.228 e. The molecule has 0 saturated heterocycles. The van der Waals surface area contributed by atoms with Gasteiger partial charge in [0.25, 0.3) is 0 Å². The van der Waals surface area contributed by atoms with Crippen LogP contribution in [-0.4, -0.2) is 18.5 Å². The molecule has 4 N–H and O–H groups in total. The standard InChI is InChI=1S/C13H17N3O/c14-11(7-15-10-2-3-10)8-1-4-12-9(5-8)6-13(17)16-12/h1,4-5,10-11,15H,2-3,6-7,14H2,(H,16,17). The van der Waals surface area contributed by atoms with Crippen LogP contribution in [0.1, 0.15) is 30.0 Å². The summed E-state index contributed by atoms with van der Waals surface area (Å²) in [5.41, 5.74) is 9.23. The summed E-state index contributed by atoms with van der Waals surface area (Å²) in [4.78, 5) is 11.2. The summed E-state index contributed by atoms with van der Waals surface area (Å²) in [6, 6.07) is 6.69. The fraction of sp³-hybridized carbons (Fsp3) is 0.462. The van der Waals surface area contributed by atoms with Gasteiger partial charge in [0.15, 0.2) is 0 Å². The maximum atomic E-state index is 11.2.